The van der Waals surface area contributed by atoms with Crippen LogP contribution in [0.5, 0.6) is 5.75 Å². The fourth-order valence-electron chi connectivity index (χ4n) is 1.51. The van der Waals surface area contributed by atoms with Gasteiger partial charge in [-0.05, 0) is 32.8 Å². The molecule has 17 heavy (non-hydrogen) atoms. The molecule has 92 valence electrons. The van der Waals surface area contributed by atoms with Crippen LogP contribution in [0.15, 0.2) is 18.2 Å². The number of benzene rings is 1. The predicted octanol–water partition coefficient (Wildman–Crippen LogP) is 2.81. The lowest BCUT2D eigenvalue weighted by atomic mass is 9.92. The number of ether oxygens (including phenoxy) is 1. The van der Waals surface area contributed by atoms with Crippen LogP contribution >= 0.6 is 0 Å². The summed E-state index contributed by atoms with van der Waals surface area (Å²) in [6.45, 7) is 6.18. The largest absolute Gasteiger partial charge is 0.493 e. The fraction of sp³-hybridized carbons (Fsp3) is 0.500. The second kappa shape index (κ2) is 5.70. The summed E-state index contributed by atoms with van der Waals surface area (Å²) in [6.07, 6.45) is 0.669. The molecule has 0 radical (unpaired) electrons. The highest BCUT2D eigenvalue weighted by Crippen LogP contribution is 2.25. The lowest BCUT2D eigenvalue weighted by Gasteiger charge is -2.17. The van der Waals surface area contributed by atoms with Crippen molar-refractivity contribution < 1.29 is 9.84 Å². The van der Waals surface area contributed by atoms with Crippen molar-refractivity contribution in [3.05, 3.63) is 29.3 Å². The van der Waals surface area contributed by atoms with Gasteiger partial charge in [0, 0.05) is 5.56 Å². The third-order valence-electron chi connectivity index (χ3n) is 2.74. The first-order valence-electron chi connectivity index (χ1n) is 5.73. The Hall–Kier alpha value is -1.53. The first-order valence-corrected chi connectivity index (χ1v) is 5.73. The molecule has 0 spiro atoms. The number of nitrogens with zero attached hydrogens (tertiary/aromatic N) is 1. The van der Waals surface area contributed by atoms with Gasteiger partial charge in [-0.3, -0.25) is 0 Å². The van der Waals surface area contributed by atoms with Crippen LogP contribution in [0.3, 0.4) is 0 Å². The molecule has 0 aromatic heterocycles. The summed E-state index contributed by atoms with van der Waals surface area (Å²) in [7, 11) is 0. The summed E-state index contributed by atoms with van der Waals surface area (Å²) < 4.78 is 5.69. The van der Waals surface area contributed by atoms with E-state index in [1.54, 1.807) is 0 Å². The van der Waals surface area contributed by atoms with Crippen molar-refractivity contribution in [1.82, 2.24) is 0 Å². The molecule has 1 aromatic rings. The van der Waals surface area contributed by atoms with Crippen molar-refractivity contribution in [2.75, 3.05) is 6.61 Å². The van der Waals surface area contributed by atoms with E-state index in [9.17, 15) is 5.11 Å². The molecular weight excluding hydrogens is 214 g/mol. The van der Waals surface area contributed by atoms with E-state index in [1.165, 1.54) is 0 Å². The Bertz CT molecular complexity index is 419. The number of hydrogen-bond acceptors (Lipinski definition) is 3. The maximum Gasteiger partial charge on any atom is 0.127 e. The molecular formula is C14H19NO2. The van der Waals surface area contributed by atoms with Crippen molar-refractivity contribution in [2.24, 2.45) is 5.41 Å². The van der Waals surface area contributed by atoms with Gasteiger partial charge >= 0.3 is 0 Å². The van der Waals surface area contributed by atoms with Gasteiger partial charge in [-0.15, -0.1) is 0 Å². The Morgan fingerprint density at radius 3 is 2.71 bits per heavy atom. The summed E-state index contributed by atoms with van der Waals surface area (Å²) in [5.41, 5.74) is 1.42. The van der Waals surface area contributed by atoms with Gasteiger partial charge in [0.2, 0.25) is 0 Å². The summed E-state index contributed by atoms with van der Waals surface area (Å²) in [6, 6.07) is 7.93. The topological polar surface area (TPSA) is 53.2 Å². The molecule has 0 saturated heterocycles. The highest BCUT2D eigenvalue weighted by Gasteiger charge is 2.17. The number of nitriles is 1. The zero-order valence-corrected chi connectivity index (χ0v) is 10.7. The number of aliphatic hydroxyl groups excluding tert-OH is 1. The minimum absolute atomic E-state index is 0.0291. The average Bonchev–Trinajstić information content (AvgIpc) is 2.31. The molecule has 0 aliphatic carbocycles. The standard InChI is InChI=1S/C14H19NO2/c1-11-5-4-6-12(9-16)13(11)17-8-7-14(2,3)10-15/h4-6,16H,7-9H2,1-3H3. The zero-order chi connectivity index (χ0) is 12.9. The molecule has 1 N–H and O–H groups in total. The van der Waals surface area contributed by atoms with Crippen LogP contribution < -0.4 is 4.74 Å². The van der Waals surface area contributed by atoms with Crippen LogP contribution in [0.1, 0.15) is 31.4 Å². The Balaban J connectivity index is 2.67. The summed E-state index contributed by atoms with van der Waals surface area (Å²) in [4.78, 5) is 0. The lowest BCUT2D eigenvalue weighted by molar-refractivity contribution is 0.242. The SMILES string of the molecule is Cc1cccc(CO)c1OCCC(C)(C)C#N. The van der Waals surface area contributed by atoms with Crippen LogP contribution in [0.25, 0.3) is 0 Å². The van der Waals surface area contributed by atoms with Crippen molar-refractivity contribution >= 4 is 0 Å². The van der Waals surface area contributed by atoms with Crippen molar-refractivity contribution in [2.45, 2.75) is 33.8 Å². The van der Waals surface area contributed by atoms with E-state index in [0.29, 0.717) is 13.0 Å². The highest BCUT2D eigenvalue weighted by atomic mass is 16.5. The van der Waals surface area contributed by atoms with Gasteiger partial charge < -0.3 is 9.84 Å². The number of aliphatic hydroxyl groups is 1. The van der Waals surface area contributed by atoms with Gasteiger partial charge in [0.25, 0.3) is 0 Å². The first kappa shape index (κ1) is 13.5. The molecule has 0 amide bonds. The van der Waals surface area contributed by atoms with Crippen molar-refractivity contribution in [1.29, 1.82) is 5.26 Å². The fourth-order valence-corrected chi connectivity index (χ4v) is 1.51. The molecule has 1 aromatic carbocycles. The monoisotopic (exact) mass is 233 g/mol. The molecule has 0 heterocycles. The molecule has 0 saturated carbocycles. The Labute approximate surface area is 103 Å². The van der Waals surface area contributed by atoms with Gasteiger partial charge in [0.05, 0.1) is 24.7 Å². The number of rotatable bonds is 5. The number of para-hydroxylation sites is 1. The van der Waals surface area contributed by atoms with Crippen LogP contribution in [0.2, 0.25) is 0 Å². The van der Waals surface area contributed by atoms with Gasteiger partial charge in [-0.2, -0.15) is 5.26 Å². The molecule has 0 unspecified atom stereocenters. The quantitative estimate of drug-likeness (QED) is 0.850. The molecule has 0 fully saturated rings. The van der Waals surface area contributed by atoms with Gasteiger partial charge in [-0.1, -0.05) is 18.2 Å². The zero-order valence-electron chi connectivity index (χ0n) is 10.7. The third-order valence-corrected chi connectivity index (χ3v) is 2.74. The second-order valence-electron chi connectivity index (χ2n) is 4.82. The van der Waals surface area contributed by atoms with Gasteiger partial charge in [-0.25, -0.2) is 0 Å². The van der Waals surface area contributed by atoms with Crippen LogP contribution in [0.4, 0.5) is 0 Å². The van der Waals surface area contributed by atoms with Crippen molar-refractivity contribution in [3.8, 4) is 11.8 Å². The molecule has 1 rings (SSSR count). The highest BCUT2D eigenvalue weighted by molar-refractivity contribution is 5.40. The summed E-state index contributed by atoms with van der Waals surface area (Å²) >= 11 is 0. The summed E-state index contributed by atoms with van der Waals surface area (Å²) in [5.74, 6) is 0.740. The number of aryl methyl sites for hydroxylation is 1. The predicted molar refractivity (Wildman–Crippen MR) is 66.6 cm³/mol. The van der Waals surface area contributed by atoms with E-state index in [-0.39, 0.29) is 12.0 Å². The smallest absolute Gasteiger partial charge is 0.127 e. The summed E-state index contributed by atoms with van der Waals surface area (Å²) in [5, 5.41) is 18.1. The Kier molecular flexibility index (Phi) is 4.53. The minimum atomic E-state index is -0.373. The van der Waals surface area contributed by atoms with Crippen LogP contribution in [0, 0.1) is 23.7 Å². The minimum Gasteiger partial charge on any atom is -0.493 e. The first-order chi connectivity index (χ1) is 8.00. The van der Waals surface area contributed by atoms with Crippen LogP contribution in [-0.4, -0.2) is 11.7 Å². The number of hydrogen-bond donors (Lipinski definition) is 1. The van der Waals surface area contributed by atoms with E-state index in [0.717, 1.165) is 16.9 Å². The van der Waals surface area contributed by atoms with E-state index in [4.69, 9.17) is 10.00 Å². The van der Waals surface area contributed by atoms with E-state index in [1.807, 2.05) is 39.0 Å². The molecule has 0 bridgehead atoms. The lowest BCUT2D eigenvalue weighted by Crippen LogP contribution is -2.14. The normalized spacial score (nSPS) is 11.0. The second-order valence-corrected chi connectivity index (χ2v) is 4.82. The molecule has 3 nitrogen and oxygen atoms in total. The van der Waals surface area contributed by atoms with Gasteiger partial charge in [0.1, 0.15) is 5.75 Å². The van der Waals surface area contributed by atoms with Gasteiger partial charge in [0.15, 0.2) is 0 Å². The Morgan fingerprint density at radius 1 is 1.41 bits per heavy atom. The van der Waals surface area contributed by atoms with E-state index < -0.39 is 0 Å². The third kappa shape index (κ3) is 3.76. The average molecular weight is 233 g/mol. The van der Waals surface area contributed by atoms with Crippen LogP contribution in [-0.2, 0) is 6.61 Å². The van der Waals surface area contributed by atoms with E-state index >= 15 is 0 Å². The molecule has 0 aliphatic rings. The molecule has 3 heteroatoms. The molecule has 0 atom stereocenters. The maximum absolute atomic E-state index is 9.22. The van der Waals surface area contributed by atoms with Crippen molar-refractivity contribution in [3.63, 3.8) is 0 Å². The van der Waals surface area contributed by atoms with E-state index in [2.05, 4.69) is 6.07 Å². The Morgan fingerprint density at radius 2 is 2.12 bits per heavy atom. The molecule has 0 aliphatic heterocycles. The maximum atomic E-state index is 9.22.